The van der Waals surface area contributed by atoms with E-state index in [4.69, 9.17) is 9.84 Å². The lowest BCUT2D eigenvalue weighted by atomic mass is 10.1. The highest BCUT2D eigenvalue weighted by atomic mass is 32.2. The number of aromatic nitrogens is 3. The number of ether oxygens (including phenoxy) is 1. The number of sulfonamides is 1. The first-order valence-electron chi connectivity index (χ1n) is 9.57. The molecule has 4 rings (SSSR count). The van der Waals surface area contributed by atoms with Crippen molar-refractivity contribution in [1.29, 1.82) is 0 Å². The first-order valence-corrected chi connectivity index (χ1v) is 11.1. The molecule has 2 aromatic heterocycles. The second kappa shape index (κ2) is 7.97. The van der Waals surface area contributed by atoms with E-state index in [1.165, 1.54) is 28.9 Å². The molecule has 2 N–H and O–H groups in total. The fourth-order valence-electron chi connectivity index (χ4n) is 3.37. The number of nitrogens with one attached hydrogen (secondary N) is 1. The van der Waals surface area contributed by atoms with E-state index in [2.05, 4.69) is 14.8 Å². The second-order valence-electron chi connectivity index (χ2n) is 7.17. The minimum absolute atomic E-state index is 0.00498. The Morgan fingerprint density at radius 2 is 1.81 bits per heavy atom. The molecular weight excluding hydrogens is 432 g/mol. The normalized spacial score (nSPS) is 11.5. The lowest BCUT2D eigenvalue weighted by Gasteiger charge is -2.13. The third-order valence-electron chi connectivity index (χ3n) is 4.91. The van der Waals surface area contributed by atoms with E-state index < -0.39 is 16.0 Å². The molecule has 4 aromatic rings. The predicted octanol–water partition coefficient (Wildman–Crippen LogP) is 3.54. The number of carbonyl (C=O) groups is 1. The zero-order valence-corrected chi connectivity index (χ0v) is 18.3. The maximum atomic E-state index is 12.9. The number of rotatable bonds is 6. The number of methoxy groups -OCH3 is 1. The molecule has 9 nitrogen and oxygen atoms in total. The van der Waals surface area contributed by atoms with Crippen LogP contribution in [0.25, 0.3) is 16.7 Å². The van der Waals surface area contributed by atoms with E-state index in [9.17, 15) is 13.2 Å². The molecule has 0 amide bonds. The Morgan fingerprint density at radius 1 is 1.09 bits per heavy atom. The van der Waals surface area contributed by atoms with Crippen LogP contribution in [0, 0.1) is 13.8 Å². The number of benzene rings is 2. The summed E-state index contributed by atoms with van der Waals surface area (Å²) >= 11 is 0. The van der Waals surface area contributed by atoms with E-state index in [1.807, 2.05) is 25.1 Å². The standard InChI is InChI=1S/C22H20N4O5S/c1-13-11-19(23-21-17(13)5-4-6-18(21)31-3)26-20(12-14(2)24-26)25-32(29,30)16-9-7-15(8-10-16)22(27)28/h4-12,25H,1-3H3,(H,27,28). The highest BCUT2D eigenvalue weighted by molar-refractivity contribution is 7.92. The number of nitrogens with zero attached hydrogens (tertiary/aromatic N) is 3. The van der Waals surface area contributed by atoms with Gasteiger partial charge < -0.3 is 9.84 Å². The van der Waals surface area contributed by atoms with Gasteiger partial charge in [0.1, 0.15) is 17.1 Å². The van der Waals surface area contributed by atoms with Gasteiger partial charge in [-0.2, -0.15) is 9.78 Å². The second-order valence-corrected chi connectivity index (χ2v) is 8.85. The van der Waals surface area contributed by atoms with Crippen molar-refractivity contribution in [2.45, 2.75) is 18.7 Å². The zero-order chi connectivity index (χ0) is 23.0. The van der Waals surface area contributed by atoms with Crippen LogP contribution in [0.5, 0.6) is 5.75 Å². The van der Waals surface area contributed by atoms with Gasteiger partial charge in [-0.05, 0) is 55.8 Å². The Hall–Kier alpha value is -3.92. The highest BCUT2D eigenvalue weighted by Gasteiger charge is 2.20. The molecule has 0 unspecified atom stereocenters. The molecule has 0 spiro atoms. The lowest BCUT2D eigenvalue weighted by Crippen LogP contribution is -2.16. The largest absolute Gasteiger partial charge is 0.494 e. The quantitative estimate of drug-likeness (QED) is 0.458. The summed E-state index contributed by atoms with van der Waals surface area (Å²) in [6.07, 6.45) is 0. The van der Waals surface area contributed by atoms with Crippen LogP contribution in [-0.2, 0) is 10.0 Å². The maximum absolute atomic E-state index is 12.9. The van der Waals surface area contributed by atoms with Crippen LogP contribution >= 0.6 is 0 Å². The molecule has 0 radical (unpaired) electrons. The summed E-state index contributed by atoms with van der Waals surface area (Å²) in [4.78, 5) is 15.6. The van der Waals surface area contributed by atoms with Crippen molar-refractivity contribution in [3.63, 3.8) is 0 Å². The van der Waals surface area contributed by atoms with Crippen molar-refractivity contribution in [2.24, 2.45) is 0 Å². The number of pyridine rings is 1. The minimum Gasteiger partial charge on any atom is -0.494 e. The first kappa shape index (κ1) is 21.3. The van der Waals surface area contributed by atoms with E-state index >= 15 is 0 Å². The van der Waals surface area contributed by atoms with Crippen LogP contribution in [-0.4, -0.2) is 41.4 Å². The van der Waals surface area contributed by atoms with Crippen molar-refractivity contribution < 1.29 is 23.1 Å². The lowest BCUT2D eigenvalue weighted by molar-refractivity contribution is 0.0696. The molecule has 164 valence electrons. The summed E-state index contributed by atoms with van der Waals surface area (Å²) < 4.78 is 35.2. The van der Waals surface area contributed by atoms with Crippen LogP contribution in [0.1, 0.15) is 21.6 Å². The van der Waals surface area contributed by atoms with E-state index in [1.54, 1.807) is 26.2 Å². The van der Waals surface area contributed by atoms with Crippen LogP contribution < -0.4 is 9.46 Å². The van der Waals surface area contributed by atoms with Gasteiger partial charge in [0.05, 0.1) is 23.3 Å². The molecule has 0 bridgehead atoms. The Labute approximate surface area is 184 Å². The van der Waals surface area contributed by atoms with Crippen molar-refractivity contribution in [2.75, 3.05) is 11.8 Å². The predicted molar refractivity (Wildman–Crippen MR) is 119 cm³/mol. The molecule has 10 heteroatoms. The molecule has 0 aliphatic carbocycles. The maximum Gasteiger partial charge on any atom is 0.335 e. The summed E-state index contributed by atoms with van der Waals surface area (Å²) in [6, 6.07) is 14.0. The smallest absolute Gasteiger partial charge is 0.335 e. The number of aryl methyl sites for hydroxylation is 2. The average Bonchev–Trinajstić information content (AvgIpc) is 3.12. The number of para-hydroxylation sites is 1. The van der Waals surface area contributed by atoms with Gasteiger partial charge in [0.15, 0.2) is 5.82 Å². The number of carboxylic acids is 1. The Kier molecular flexibility index (Phi) is 5.31. The molecule has 0 saturated carbocycles. The summed E-state index contributed by atoms with van der Waals surface area (Å²) in [7, 11) is -2.43. The molecule has 0 aliphatic heterocycles. The Morgan fingerprint density at radius 3 is 2.47 bits per heavy atom. The van der Waals surface area contributed by atoms with Gasteiger partial charge in [0.2, 0.25) is 0 Å². The molecule has 2 heterocycles. The Bertz CT molecular complexity index is 1440. The van der Waals surface area contributed by atoms with Crippen LogP contribution in [0.3, 0.4) is 0 Å². The number of fused-ring (bicyclic) bond motifs is 1. The molecule has 0 atom stereocenters. The van der Waals surface area contributed by atoms with E-state index in [0.717, 1.165) is 10.9 Å². The monoisotopic (exact) mass is 452 g/mol. The van der Waals surface area contributed by atoms with Gasteiger partial charge in [-0.15, -0.1) is 0 Å². The third-order valence-corrected chi connectivity index (χ3v) is 6.29. The number of hydrogen-bond donors (Lipinski definition) is 2. The number of aromatic carboxylic acids is 1. The summed E-state index contributed by atoms with van der Waals surface area (Å²) in [5.41, 5.74) is 2.14. The average molecular weight is 452 g/mol. The minimum atomic E-state index is -3.99. The molecule has 0 aliphatic rings. The van der Waals surface area contributed by atoms with Crippen LogP contribution in [0.15, 0.2) is 59.5 Å². The molecular formula is C22H20N4O5S. The third kappa shape index (κ3) is 3.87. The number of anilines is 1. The van der Waals surface area contributed by atoms with Gasteiger partial charge in [0.25, 0.3) is 10.0 Å². The van der Waals surface area contributed by atoms with Crippen molar-refractivity contribution >= 4 is 32.7 Å². The van der Waals surface area contributed by atoms with E-state index in [0.29, 0.717) is 22.8 Å². The molecule has 0 saturated heterocycles. The van der Waals surface area contributed by atoms with Crippen molar-refractivity contribution in [1.82, 2.24) is 14.8 Å². The SMILES string of the molecule is COc1cccc2c(C)cc(-n3nc(C)cc3NS(=O)(=O)c3ccc(C(=O)O)cc3)nc12. The fourth-order valence-corrected chi connectivity index (χ4v) is 4.40. The van der Waals surface area contributed by atoms with Crippen molar-refractivity contribution in [3.05, 3.63) is 71.4 Å². The molecule has 2 aromatic carbocycles. The van der Waals surface area contributed by atoms with E-state index in [-0.39, 0.29) is 16.3 Å². The summed E-state index contributed by atoms with van der Waals surface area (Å²) in [6.45, 7) is 3.67. The van der Waals surface area contributed by atoms with Crippen LogP contribution in [0.2, 0.25) is 0 Å². The zero-order valence-electron chi connectivity index (χ0n) is 17.5. The van der Waals surface area contributed by atoms with Crippen LogP contribution in [0.4, 0.5) is 5.82 Å². The van der Waals surface area contributed by atoms with Crippen molar-refractivity contribution in [3.8, 4) is 11.6 Å². The summed E-state index contributed by atoms with van der Waals surface area (Å²) in [5, 5.41) is 14.3. The summed E-state index contributed by atoms with van der Waals surface area (Å²) in [5.74, 6) is 0.0817. The molecule has 0 fully saturated rings. The van der Waals surface area contributed by atoms with Gasteiger partial charge >= 0.3 is 5.97 Å². The Balaban J connectivity index is 1.77. The topological polar surface area (TPSA) is 123 Å². The highest BCUT2D eigenvalue weighted by Crippen LogP contribution is 2.29. The molecule has 32 heavy (non-hydrogen) atoms. The van der Waals surface area contributed by atoms with Gasteiger partial charge in [0, 0.05) is 11.5 Å². The fraction of sp³-hybridized carbons (Fsp3) is 0.136. The van der Waals surface area contributed by atoms with Gasteiger partial charge in [-0.3, -0.25) is 4.72 Å². The number of hydrogen-bond acceptors (Lipinski definition) is 6. The van der Waals surface area contributed by atoms with Gasteiger partial charge in [-0.1, -0.05) is 12.1 Å². The number of carboxylic acid groups (broad SMARTS) is 1. The van der Waals surface area contributed by atoms with Gasteiger partial charge in [-0.25, -0.2) is 18.2 Å². The first-order chi connectivity index (χ1) is 15.2.